The van der Waals surface area contributed by atoms with Crippen LogP contribution in [0.1, 0.15) is 0 Å². The Morgan fingerprint density at radius 1 is 0.360 bits per heavy atom. The molecule has 0 amide bonds. The van der Waals surface area contributed by atoms with Crippen LogP contribution in [0, 0.1) is 0 Å². The standard InChI is InChI=1S/C47H30N2O/c1-2-8-31(9-3-1)32-18-22-38(23-19-32)49(40-26-27-42-45(30-40)50-46-29-37-11-5-7-13-44(37)48-47(42)46)39-24-20-33(21-25-39)36-17-16-35-15-14-34-10-4-6-12-41(34)43(35)28-36/h1-30H. The smallest absolute Gasteiger partial charge is 0.154 e. The molecule has 0 bridgehead atoms. The summed E-state index contributed by atoms with van der Waals surface area (Å²) in [6, 6.07) is 64.7. The molecule has 0 radical (unpaired) electrons. The third-order valence-electron chi connectivity index (χ3n) is 9.83. The summed E-state index contributed by atoms with van der Waals surface area (Å²) in [4.78, 5) is 7.26. The van der Waals surface area contributed by atoms with E-state index >= 15 is 0 Å². The van der Waals surface area contributed by atoms with Crippen molar-refractivity contribution < 1.29 is 4.42 Å². The molecular weight excluding hydrogens is 609 g/mol. The zero-order valence-corrected chi connectivity index (χ0v) is 27.1. The fourth-order valence-electron chi connectivity index (χ4n) is 7.28. The van der Waals surface area contributed by atoms with Gasteiger partial charge in [0.1, 0.15) is 11.1 Å². The first-order chi connectivity index (χ1) is 24.7. The van der Waals surface area contributed by atoms with E-state index in [2.05, 4.69) is 169 Å². The van der Waals surface area contributed by atoms with E-state index in [9.17, 15) is 0 Å². The minimum atomic E-state index is 0.794. The lowest BCUT2D eigenvalue weighted by Crippen LogP contribution is -2.09. The summed E-state index contributed by atoms with van der Waals surface area (Å²) >= 11 is 0. The predicted octanol–water partition coefficient (Wildman–Crippen LogP) is 13.2. The molecule has 0 saturated heterocycles. The van der Waals surface area contributed by atoms with E-state index in [1.165, 1.54) is 43.8 Å². The van der Waals surface area contributed by atoms with Gasteiger partial charge in [-0.25, -0.2) is 4.98 Å². The normalized spacial score (nSPS) is 11.6. The number of fused-ring (bicyclic) bond motifs is 7. The minimum Gasteiger partial charge on any atom is -0.454 e. The third kappa shape index (κ3) is 4.79. The van der Waals surface area contributed by atoms with Crippen LogP contribution in [0.2, 0.25) is 0 Å². The number of hydrogen-bond acceptors (Lipinski definition) is 3. The fourth-order valence-corrected chi connectivity index (χ4v) is 7.28. The van der Waals surface area contributed by atoms with Gasteiger partial charge in [-0.15, -0.1) is 0 Å². The van der Waals surface area contributed by atoms with Crippen LogP contribution in [0.25, 0.3) is 76.8 Å². The number of para-hydroxylation sites is 1. The molecule has 0 aliphatic carbocycles. The van der Waals surface area contributed by atoms with Crippen LogP contribution in [0.5, 0.6) is 0 Å². The molecule has 2 heterocycles. The average molecular weight is 639 g/mol. The largest absolute Gasteiger partial charge is 0.454 e. The summed E-state index contributed by atoms with van der Waals surface area (Å²) in [6.07, 6.45) is 0. The molecule has 3 nitrogen and oxygen atoms in total. The topological polar surface area (TPSA) is 29.3 Å². The Bertz CT molecular complexity index is 2850. The molecule has 0 aliphatic heterocycles. The summed E-state index contributed by atoms with van der Waals surface area (Å²) in [5, 5.41) is 7.13. The van der Waals surface area contributed by atoms with Crippen LogP contribution in [0.4, 0.5) is 17.1 Å². The van der Waals surface area contributed by atoms with Crippen molar-refractivity contribution in [2.45, 2.75) is 0 Å². The Hall–Kier alpha value is -6.71. The molecule has 10 aromatic rings. The molecule has 0 aliphatic rings. The van der Waals surface area contributed by atoms with Crippen molar-refractivity contribution in [1.29, 1.82) is 0 Å². The monoisotopic (exact) mass is 638 g/mol. The maximum absolute atomic E-state index is 6.45. The molecule has 0 spiro atoms. The highest BCUT2D eigenvalue weighted by atomic mass is 16.3. The first-order valence-electron chi connectivity index (χ1n) is 16.9. The molecule has 10 rings (SSSR count). The Balaban J connectivity index is 1.08. The number of anilines is 3. The molecule has 2 aromatic heterocycles. The van der Waals surface area contributed by atoms with Gasteiger partial charge in [-0.05, 0) is 98.4 Å². The molecule has 3 heteroatoms. The van der Waals surface area contributed by atoms with Gasteiger partial charge in [-0.2, -0.15) is 0 Å². The van der Waals surface area contributed by atoms with E-state index in [1.807, 2.05) is 18.2 Å². The van der Waals surface area contributed by atoms with Gasteiger partial charge in [0.2, 0.25) is 0 Å². The Morgan fingerprint density at radius 3 is 1.72 bits per heavy atom. The van der Waals surface area contributed by atoms with E-state index in [0.717, 1.165) is 50.0 Å². The Labute approximate surface area is 289 Å². The molecule has 0 atom stereocenters. The Morgan fingerprint density at radius 2 is 0.940 bits per heavy atom. The molecule has 0 unspecified atom stereocenters. The van der Waals surface area contributed by atoms with Gasteiger partial charge < -0.3 is 9.32 Å². The third-order valence-corrected chi connectivity index (χ3v) is 9.83. The molecular formula is C47H30N2O. The van der Waals surface area contributed by atoms with Crippen molar-refractivity contribution in [1.82, 2.24) is 4.98 Å². The number of pyridine rings is 1. The lowest BCUT2D eigenvalue weighted by molar-refractivity contribution is 0.669. The van der Waals surface area contributed by atoms with Gasteiger partial charge in [-0.3, -0.25) is 0 Å². The van der Waals surface area contributed by atoms with Crippen molar-refractivity contribution in [3.05, 3.63) is 182 Å². The lowest BCUT2D eigenvalue weighted by Gasteiger charge is -2.26. The van der Waals surface area contributed by atoms with E-state index in [-0.39, 0.29) is 0 Å². The van der Waals surface area contributed by atoms with Gasteiger partial charge >= 0.3 is 0 Å². The number of nitrogens with zero attached hydrogens (tertiary/aromatic N) is 2. The van der Waals surface area contributed by atoms with E-state index in [1.54, 1.807) is 0 Å². The van der Waals surface area contributed by atoms with Crippen LogP contribution in [-0.4, -0.2) is 4.98 Å². The highest BCUT2D eigenvalue weighted by molar-refractivity contribution is 6.09. The zero-order chi connectivity index (χ0) is 33.0. The van der Waals surface area contributed by atoms with Gasteiger partial charge in [0.05, 0.1) is 5.52 Å². The molecule has 0 fully saturated rings. The van der Waals surface area contributed by atoms with E-state index in [4.69, 9.17) is 9.40 Å². The second kappa shape index (κ2) is 11.5. The number of aromatic nitrogens is 1. The first kappa shape index (κ1) is 28.3. The molecule has 0 N–H and O–H groups in total. The van der Waals surface area contributed by atoms with Gasteiger partial charge in [0.25, 0.3) is 0 Å². The predicted molar refractivity (Wildman–Crippen MR) is 210 cm³/mol. The maximum atomic E-state index is 6.45. The van der Waals surface area contributed by atoms with Crippen LogP contribution < -0.4 is 4.90 Å². The summed E-state index contributed by atoms with van der Waals surface area (Å²) < 4.78 is 6.45. The second-order valence-electron chi connectivity index (χ2n) is 12.8. The fraction of sp³-hybridized carbons (Fsp3) is 0. The molecule has 234 valence electrons. The van der Waals surface area contributed by atoms with Gasteiger partial charge in [-0.1, -0.05) is 121 Å². The highest BCUT2D eigenvalue weighted by Gasteiger charge is 2.17. The number of hydrogen-bond donors (Lipinski definition) is 0. The number of rotatable bonds is 5. The summed E-state index contributed by atoms with van der Waals surface area (Å²) in [7, 11) is 0. The van der Waals surface area contributed by atoms with Crippen LogP contribution in [-0.2, 0) is 0 Å². The number of furan rings is 1. The lowest BCUT2D eigenvalue weighted by atomic mass is 9.97. The molecule has 50 heavy (non-hydrogen) atoms. The summed E-state index contributed by atoms with van der Waals surface area (Å²) in [6.45, 7) is 0. The SMILES string of the molecule is c1ccc(-c2ccc(N(c3ccc(-c4ccc5ccc6ccccc6c5c4)cc3)c3ccc4c(c3)oc3cc5ccccc5nc34)cc2)cc1. The van der Waals surface area contributed by atoms with Crippen LogP contribution in [0.3, 0.4) is 0 Å². The van der Waals surface area contributed by atoms with Gasteiger partial charge in [0.15, 0.2) is 5.58 Å². The van der Waals surface area contributed by atoms with E-state index < -0.39 is 0 Å². The summed E-state index contributed by atoms with van der Waals surface area (Å²) in [5.41, 5.74) is 11.3. The van der Waals surface area contributed by atoms with E-state index in [0.29, 0.717) is 0 Å². The van der Waals surface area contributed by atoms with Crippen LogP contribution >= 0.6 is 0 Å². The van der Waals surface area contributed by atoms with Crippen molar-refractivity contribution in [3.63, 3.8) is 0 Å². The van der Waals surface area contributed by atoms with Crippen molar-refractivity contribution >= 4 is 71.6 Å². The maximum Gasteiger partial charge on any atom is 0.154 e. The van der Waals surface area contributed by atoms with Crippen molar-refractivity contribution in [3.8, 4) is 22.3 Å². The molecule has 8 aromatic carbocycles. The van der Waals surface area contributed by atoms with Crippen LogP contribution in [0.15, 0.2) is 186 Å². The molecule has 0 saturated carbocycles. The van der Waals surface area contributed by atoms with Gasteiger partial charge in [0, 0.05) is 33.9 Å². The number of benzene rings is 8. The van der Waals surface area contributed by atoms with Crippen molar-refractivity contribution in [2.24, 2.45) is 0 Å². The average Bonchev–Trinajstić information content (AvgIpc) is 3.54. The minimum absolute atomic E-state index is 0.794. The highest BCUT2D eigenvalue weighted by Crippen LogP contribution is 2.40. The quantitative estimate of drug-likeness (QED) is 0.176. The first-order valence-corrected chi connectivity index (χ1v) is 16.9. The summed E-state index contributed by atoms with van der Waals surface area (Å²) in [5.74, 6) is 0. The second-order valence-corrected chi connectivity index (χ2v) is 12.8. The van der Waals surface area contributed by atoms with Crippen molar-refractivity contribution in [2.75, 3.05) is 4.90 Å². The Kier molecular flexibility index (Phi) is 6.49. The zero-order valence-electron chi connectivity index (χ0n) is 27.1.